The molecule has 0 aromatic carbocycles. The molecule has 2 aromatic rings. The average Bonchev–Trinajstić information content (AvgIpc) is 2.66. The summed E-state index contributed by atoms with van der Waals surface area (Å²) >= 11 is 7.71. The fraction of sp³-hybridized carbons (Fsp3) is 0.273. The zero-order valence-electron chi connectivity index (χ0n) is 9.01. The van der Waals surface area contributed by atoms with Gasteiger partial charge >= 0.3 is 0 Å². The van der Waals surface area contributed by atoms with Crippen LogP contribution in [0.5, 0.6) is 0 Å². The molecule has 0 atom stereocenters. The number of pyridine rings is 1. The molecule has 0 fully saturated rings. The van der Waals surface area contributed by atoms with Crippen LogP contribution in [0.25, 0.3) is 5.82 Å². The maximum atomic E-state index is 6.02. The number of aromatic nitrogens is 3. The minimum atomic E-state index is 0.496. The van der Waals surface area contributed by atoms with Gasteiger partial charge in [-0.05, 0) is 12.1 Å². The van der Waals surface area contributed by atoms with Crippen molar-refractivity contribution in [1.82, 2.24) is 14.8 Å². The van der Waals surface area contributed by atoms with Crippen LogP contribution in [0.1, 0.15) is 13.8 Å². The van der Waals surface area contributed by atoms with E-state index in [0.717, 1.165) is 5.03 Å². The molecule has 0 aliphatic carbocycles. The molecule has 2 aromatic heterocycles. The van der Waals surface area contributed by atoms with Gasteiger partial charge in [-0.15, -0.1) is 11.8 Å². The summed E-state index contributed by atoms with van der Waals surface area (Å²) in [5.74, 6) is 0.611. The fourth-order valence-corrected chi connectivity index (χ4v) is 2.15. The Balaban J connectivity index is 2.28. The van der Waals surface area contributed by atoms with Gasteiger partial charge in [-0.3, -0.25) is 0 Å². The molecule has 5 heteroatoms. The van der Waals surface area contributed by atoms with E-state index in [2.05, 4.69) is 30.1 Å². The second-order valence-electron chi connectivity index (χ2n) is 3.50. The zero-order valence-corrected chi connectivity index (χ0v) is 10.6. The smallest absolute Gasteiger partial charge is 0.172 e. The van der Waals surface area contributed by atoms with Gasteiger partial charge in [-0.2, -0.15) is 5.10 Å². The fourth-order valence-electron chi connectivity index (χ4n) is 1.21. The van der Waals surface area contributed by atoms with Crippen LogP contribution in [0.15, 0.2) is 29.4 Å². The van der Waals surface area contributed by atoms with Crippen LogP contribution in [0, 0.1) is 6.20 Å². The van der Waals surface area contributed by atoms with Gasteiger partial charge in [0.15, 0.2) is 5.82 Å². The van der Waals surface area contributed by atoms with E-state index >= 15 is 0 Å². The third kappa shape index (κ3) is 2.57. The van der Waals surface area contributed by atoms with Gasteiger partial charge in [-0.1, -0.05) is 25.4 Å². The lowest BCUT2D eigenvalue weighted by atomic mass is 10.4. The van der Waals surface area contributed by atoms with Crippen molar-refractivity contribution in [3.63, 3.8) is 0 Å². The van der Waals surface area contributed by atoms with Crippen molar-refractivity contribution in [3.05, 3.63) is 35.6 Å². The number of halogens is 1. The summed E-state index contributed by atoms with van der Waals surface area (Å²) in [6, 6.07) is 5.42. The second-order valence-corrected chi connectivity index (χ2v) is 5.50. The van der Waals surface area contributed by atoms with Crippen molar-refractivity contribution < 1.29 is 0 Å². The first-order valence-corrected chi connectivity index (χ1v) is 6.18. The molecular formula is C11H11ClN3S. The Labute approximate surface area is 104 Å². The van der Waals surface area contributed by atoms with E-state index in [-0.39, 0.29) is 0 Å². The van der Waals surface area contributed by atoms with Gasteiger partial charge in [0, 0.05) is 17.5 Å². The van der Waals surface area contributed by atoms with Crippen molar-refractivity contribution in [1.29, 1.82) is 0 Å². The summed E-state index contributed by atoms with van der Waals surface area (Å²) < 4.78 is 1.58. The Morgan fingerprint density at radius 2 is 2.31 bits per heavy atom. The SMILES string of the molecule is CC(C)Sc1c[c]n(-c2ncccc2Cl)n1. The molecule has 0 saturated heterocycles. The maximum Gasteiger partial charge on any atom is 0.172 e. The van der Waals surface area contributed by atoms with Gasteiger partial charge in [0.2, 0.25) is 0 Å². The lowest BCUT2D eigenvalue weighted by molar-refractivity contribution is 0.805. The summed E-state index contributed by atoms with van der Waals surface area (Å²) in [6.45, 7) is 4.24. The molecule has 0 spiro atoms. The molecule has 0 bridgehead atoms. The van der Waals surface area contributed by atoms with Crippen LogP contribution < -0.4 is 0 Å². The highest BCUT2D eigenvalue weighted by atomic mass is 35.5. The van der Waals surface area contributed by atoms with Gasteiger partial charge in [-0.25, -0.2) is 9.67 Å². The second kappa shape index (κ2) is 4.89. The van der Waals surface area contributed by atoms with Gasteiger partial charge < -0.3 is 0 Å². The quantitative estimate of drug-likeness (QED) is 0.786. The van der Waals surface area contributed by atoms with E-state index in [1.54, 1.807) is 34.8 Å². The van der Waals surface area contributed by atoms with E-state index in [9.17, 15) is 0 Å². The Bertz CT molecular complexity index is 482. The summed E-state index contributed by atoms with van der Waals surface area (Å²) in [7, 11) is 0. The standard InChI is InChI=1S/C11H11ClN3S/c1-8(2)16-10-5-7-15(14-10)11-9(12)4-3-6-13-11/h3-6,8H,1-2H3. The molecule has 2 heterocycles. The third-order valence-corrected chi connectivity index (χ3v) is 3.01. The summed E-state index contributed by atoms with van der Waals surface area (Å²) in [5, 5.41) is 6.35. The van der Waals surface area contributed by atoms with Crippen LogP contribution in [-0.2, 0) is 0 Å². The molecular weight excluding hydrogens is 242 g/mol. The largest absolute Gasteiger partial charge is 0.236 e. The summed E-state index contributed by atoms with van der Waals surface area (Å²) in [4.78, 5) is 4.17. The van der Waals surface area contributed by atoms with Crippen LogP contribution >= 0.6 is 23.4 Å². The highest BCUT2D eigenvalue weighted by Gasteiger charge is 2.07. The first-order valence-electron chi connectivity index (χ1n) is 4.92. The normalized spacial score (nSPS) is 11.0. The molecule has 2 rings (SSSR count). The summed E-state index contributed by atoms with van der Waals surface area (Å²) in [5.41, 5.74) is 0. The van der Waals surface area contributed by atoms with E-state index in [1.165, 1.54) is 0 Å². The molecule has 1 radical (unpaired) electrons. The predicted octanol–water partition coefficient (Wildman–Crippen LogP) is 3.22. The summed E-state index contributed by atoms with van der Waals surface area (Å²) in [6.07, 6.45) is 4.69. The van der Waals surface area contributed by atoms with Gasteiger partial charge in [0.25, 0.3) is 0 Å². The average molecular weight is 253 g/mol. The predicted molar refractivity (Wildman–Crippen MR) is 66.2 cm³/mol. The monoisotopic (exact) mass is 252 g/mol. The topological polar surface area (TPSA) is 30.7 Å². The minimum Gasteiger partial charge on any atom is -0.236 e. The molecule has 0 N–H and O–H groups in total. The molecule has 0 saturated carbocycles. The molecule has 83 valence electrons. The van der Waals surface area contributed by atoms with Crippen LogP contribution in [0.3, 0.4) is 0 Å². The minimum absolute atomic E-state index is 0.496. The molecule has 0 unspecified atom stereocenters. The van der Waals surface area contributed by atoms with E-state index in [4.69, 9.17) is 11.6 Å². The molecule has 16 heavy (non-hydrogen) atoms. The Hall–Kier alpha value is -1.00. The zero-order chi connectivity index (χ0) is 11.5. The first kappa shape index (κ1) is 11.5. The maximum absolute atomic E-state index is 6.02. The lowest BCUT2D eigenvalue weighted by Crippen LogP contribution is -1.99. The van der Waals surface area contributed by atoms with E-state index < -0.39 is 0 Å². The van der Waals surface area contributed by atoms with Crippen LogP contribution in [0.4, 0.5) is 0 Å². The van der Waals surface area contributed by atoms with Crippen molar-refractivity contribution in [2.75, 3.05) is 0 Å². The first-order chi connectivity index (χ1) is 7.66. The van der Waals surface area contributed by atoms with E-state index in [0.29, 0.717) is 16.1 Å². The number of nitrogens with zero attached hydrogens (tertiary/aromatic N) is 3. The van der Waals surface area contributed by atoms with Gasteiger partial charge in [0.05, 0.1) is 11.2 Å². The van der Waals surface area contributed by atoms with Crippen molar-refractivity contribution in [2.45, 2.75) is 24.1 Å². The highest BCUT2D eigenvalue weighted by Crippen LogP contribution is 2.22. The lowest BCUT2D eigenvalue weighted by Gasteiger charge is -2.02. The Morgan fingerprint density at radius 3 is 3.00 bits per heavy atom. The molecule has 0 amide bonds. The molecule has 3 nitrogen and oxygen atoms in total. The Morgan fingerprint density at radius 1 is 1.50 bits per heavy atom. The van der Waals surface area contributed by atoms with Crippen LogP contribution in [0.2, 0.25) is 5.02 Å². The highest BCUT2D eigenvalue weighted by molar-refractivity contribution is 7.99. The van der Waals surface area contributed by atoms with Gasteiger partial charge in [0.1, 0.15) is 5.03 Å². The third-order valence-electron chi connectivity index (χ3n) is 1.80. The van der Waals surface area contributed by atoms with Crippen LogP contribution in [-0.4, -0.2) is 20.0 Å². The Kier molecular flexibility index (Phi) is 3.51. The van der Waals surface area contributed by atoms with Crippen molar-refractivity contribution >= 4 is 23.4 Å². The van der Waals surface area contributed by atoms with Crippen molar-refractivity contribution in [3.8, 4) is 5.82 Å². The number of rotatable bonds is 3. The number of thioether (sulfide) groups is 1. The number of hydrogen-bond acceptors (Lipinski definition) is 3. The molecule has 0 aliphatic heterocycles. The molecule has 0 aliphatic rings. The van der Waals surface area contributed by atoms with Crippen molar-refractivity contribution in [2.24, 2.45) is 0 Å². The van der Waals surface area contributed by atoms with E-state index in [1.807, 2.05) is 6.07 Å². The number of hydrogen-bond donors (Lipinski definition) is 0.